The summed E-state index contributed by atoms with van der Waals surface area (Å²) >= 11 is 0. The summed E-state index contributed by atoms with van der Waals surface area (Å²) in [5, 5.41) is 7.70. The first-order valence-corrected chi connectivity index (χ1v) is 11.4. The molecular weight excluding hydrogens is 443 g/mol. The van der Waals surface area contributed by atoms with Crippen LogP contribution in [0.4, 0.5) is 4.39 Å². The topological polar surface area (TPSA) is 105 Å². The Morgan fingerprint density at radius 1 is 1.06 bits per heavy atom. The molecule has 0 fully saturated rings. The molecule has 8 heteroatoms. The summed E-state index contributed by atoms with van der Waals surface area (Å²) in [4.78, 5) is 21.9. The minimum atomic E-state index is -0.296. The number of benzene rings is 2. The van der Waals surface area contributed by atoms with Gasteiger partial charge in [0.2, 0.25) is 0 Å². The number of carbonyl (C=O) groups excluding carboxylic acids is 1. The van der Waals surface area contributed by atoms with Crippen LogP contribution < -0.4 is 16.5 Å². The fourth-order valence-electron chi connectivity index (χ4n) is 3.86. The van der Waals surface area contributed by atoms with E-state index in [0.717, 1.165) is 33.5 Å². The van der Waals surface area contributed by atoms with Crippen molar-refractivity contribution in [2.45, 2.75) is 19.8 Å². The minimum Gasteiger partial charge on any atom is -0.386 e. The van der Waals surface area contributed by atoms with E-state index >= 15 is 0 Å². The maximum Gasteiger partial charge on any atom is 0.251 e. The highest BCUT2D eigenvalue weighted by atomic mass is 19.1. The Kier molecular flexibility index (Phi) is 7.30. The molecule has 1 amide bonds. The Hall–Kier alpha value is -4.33. The molecule has 4 N–H and O–H groups in total. The van der Waals surface area contributed by atoms with E-state index in [-0.39, 0.29) is 11.7 Å². The van der Waals surface area contributed by atoms with Crippen LogP contribution in [0, 0.1) is 12.7 Å². The van der Waals surface area contributed by atoms with E-state index in [1.807, 2.05) is 31.2 Å². The zero-order valence-electron chi connectivity index (χ0n) is 19.7. The highest BCUT2D eigenvalue weighted by Gasteiger charge is 2.13. The van der Waals surface area contributed by atoms with Gasteiger partial charge in [0.1, 0.15) is 11.7 Å². The molecule has 0 radical (unpaired) electrons. The number of amides is 1. The average molecular weight is 471 g/mol. The number of hydrogen-bond donors (Lipinski definition) is 3. The number of carbonyl (C=O) groups is 1. The van der Waals surface area contributed by atoms with E-state index in [1.165, 1.54) is 12.1 Å². The Morgan fingerprint density at radius 3 is 2.60 bits per heavy atom. The number of hydrogen-bond acceptors (Lipinski definition) is 5. The number of aryl methyl sites for hydroxylation is 1. The third-order valence-corrected chi connectivity index (χ3v) is 5.57. The molecule has 0 aliphatic carbocycles. The van der Waals surface area contributed by atoms with Crippen LogP contribution in [0.1, 0.15) is 28.9 Å². The summed E-state index contributed by atoms with van der Waals surface area (Å²) in [6.07, 6.45) is 3.00. The van der Waals surface area contributed by atoms with Crippen molar-refractivity contribution in [3.8, 4) is 22.4 Å². The van der Waals surface area contributed by atoms with Gasteiger partial charge in [0.05, 0.1) is 11.2 Å². The highest BCUT2D eigenvalue weighted by Crippen LogP contribution is 2.32. The molecule has 0 saturated carbocycles. The maximum atomic E-state index is 13.6. The molecule has 2 aromatic carbocycles. The maximum absolute atomic E-state index is 13.6. The summed E-state index contributed by atoms with van der Waals surface area (Å²) in [5.41, 5.74) is 13.9. The van der Waals surface area contributed by atoms with Gasteiger partial charge in [0.25, 0.3) is 5.91 Å². The van der Waals surface area contributed by atoms with Gasteiger partial charge in [-0.3, -0.25) is 9.78 Å². The zero-order chi connectivity index (χ0) is 24.8. The quantitative estimate of drug-likeness (QED) is 0.153. The number of amidine groups is 1. The van der Waals surface area contributed by atoms with Gasteiger partial charge in [-0.2, -0.15) is 5.10 Å². The molecule has 2 heterocycles. The van der Waals surface area contributed by atoms with E-state index in [9.17, 15) is 9.18 Å². The fourth-order valence-corrected chi connectivity index (χ4v) is 3.86. The molecule has 0 aliphatic rings. The smallest absolute Gasteiger partial charge is 0.251 e. The molecule has 178 valence electrons. The van der Waals surface area contributed by atoms with Crippen LogP contribution >= 0.6 is 0 Å². The third-order valence-electron chi connectivity index (χ3n) is 5.57. The van der Waals surface area contributed by atoms with E-state index in [4.69, 9.17) is 10.7 Å². The number of pyridine rings is 2. The predicted molar refractivity (Wildman–Crippen MR) is 137 cm³/mol. The largest absolute Gasteiger partial charge is 0.386 e. The molecular formula is C27H27FN6O. The average Bonchev–Trinajstić information content (AvgIpc) is 2.86. The Bertz CT molecular complexity index is 1380. The van der Waals surface area contributed by atoms with Crippen LogP contribution in [0.5, 0.6) is 0 Å². The van der Waals surface area contributed by atoms with Crippen molar-refractivity contribution in [3.63, 3.8) is 0 Å². The number of halogens is 1. The van der Waals surface area contributed by atoms with Gasteiger partial charge in [-0.25, -0.2) is 9.37 Å². The van der Waals surface area contributed by atoms with Gasteiger partial charge in [-0.1, -0.05) is 18.2 Å². The standard InChI is InChI=1S/C27H27FN6O/c1-17-14-19(11-13-31-17)24-16-23(18-5-8-21(28)9-6-18)22-10-7-20(15-25(22)33-24)27(35)32-12-3-4-26(29)34-30-2/h5-11,13-16,30H,3-4,12H2,1-2H3,(H2,29,34)(H,32,35). The fraction of sp³-hybridized carbons (Fsp3) is 0.185. The molecule has 2 aromatic heterocycles. The molecule has 0 atom stereocenters. The normalized spacial score (nSPS) is 11.5. The number of aromatic nitrogens is 2. The van der Waals surface area contributed by atoms with Crippen LogP contribution in [0.3, 0.4) is 0 Å². The van der Waals surface area contributed by atoms with Crippen LogP contribution in [-0.4, -0.2) is 35.3 Å². The van der Waals surface area contributed by atoms with Crippen molar-refractivity contribution in [2.75, 3.05) is 13.6 Å². The van der Waals surface area contributed by atoms with E-state index in [0.29, 0.717) is 36.3 Å². The lowest BCUT2D eigenvalue weighted by atomic mass is 9.97. The van der Waals surface area contributed by atoms with Crippen LogP contribution in [0.25, 0.3) is 33.3 Å². The highest BCUT2D eigenvalue weighted by molar-refractivity contribution is 6.02. The third kappa shape index (κ3) is 5.78. The van der Waals surface area contributed by atoms with Gasteiger partial charge < -0.3 is 16.5 Å². The monoisotopic (exact) mass is 470 g/mol. The molecule has 4 rings (SSSR count). The first-order valence-electron chi connectivity index (χ1n) is 11.4. The summed E-state index contributed by atoms with van der Waals surface area (Å²) in [7, 11) is 1.69. The summed E-state index contributed by atoms with van der Waals surface area (Å²) in [6.45, 7) is 2.40. The lowest BCUT2D eigenvalue weighted by molar-refractivity contribution is 0.0953. The Morgan fingerprint density at radius 2 is 1.86 bits per heavy atom. The van der Waals surface area contributed by atoms with Crippen molar-refractivity contribution in [1.82, 2.24) is 20.7 Å². The van der Waals surface area contributed by atoms with Gasteiger partial charge in [-0.15, -0.1) is 0 Å². The first kappa shape index (κ1) is 23.8. The van der Waals surface area contributed by atoms with Crippen LogP contribution in [0.15, 0.2) is 72.0 Å². The van der Waals surface area contributed by atoms with E-state index in [1.54, 1.807) is 37.5 Å². The molecule has 0 aliphatic heterocycles. The Balaban J connectivity index is 1.68. The Labute approximate surface area is 203 Å². The number of hydrazone groups is 1. The van der Waals surface area contributed by atoms with Crippen molar-refractivity contribution in [1.29, 1.82) is 0 Å². The van der Waals surface area contributed by atoms with Gasteiger partial charge in [0, 0.05) is 48.4 Å². The van der Waals surface area contributed by atoms with Gasteiger partial charge in [-0.05, 0) is 66.9 Å². The first-order chi connectivity index (χ1) is 16.9. The van der Waals surface area contributed by atoms with Crippen molar-refractivity contribution in [2.24, 2.45) is 10.8 Å². The van der Waals surface area contributed by atoms with Crippen LogP contribution in [0.2, 0.25) is 0 Å². The van der Waals surface area contributed by atoms with E-state index < -0.39 is 0 Å². The van der Waals surface area contributed by atoms with E-state index in [2.05, 4.69) is 20.8 Å². The van der Waals surface area contributed by atoms with Gasteiger partial charge >= 0.3 is 0 Å². The lowest BCUT2D eigenvalue weighted by Crippen LogP contribution is -2.26. The molecule has 0 unspecified atom stereocenters. The second-order valence-electron chi connectivity index (χ2n) is 8.17. The number of fused-ring (bicyclic) bond motifs is 1. The minimum absolute atomic E-state index is 0.189. The molecule has 7 nitrogen and oxygen atoms in total. The number of nitrogens with one attached hydrogen (secondary N) is 2. The van der Waals surface area contributed by atoms with Crippen molar-refractivity contribution < 1.29 is 9.18 Å². The summed E-state index contributed by atoms with van der Waals surface area (Å²) in [5.74, 6) is 0.00482. The SMILES string of the molecule is CN/N=C(\N)CCCNC(=O)c1ccc2c(-c3ccc(F)cc3)cc(-c3ccnc(C)c3)nc2c1. The molecule has 0 spiro atoms. The zero-order valence-corrected chi connectivity index (χ0v) is 19.7. The lowest BCUT2D eigenvalue weighted by Gasteiger charge is -2.12. The number of nitrogens with two attached hydrogens (primary N) is 1. The second-order valence-corrected chi connectivity index (χ2v) is 8.17. The van der Waals surface area contributed by atoms with Crippen molar-refractivity contribution in [3.05, 3.63) is 83.9 Å². The van der Waals surface area contributed by atoms with Crippen LogP contribution in [-0.2, 0) is 0 Å². The predicted octanol–water partition coefficient (Wildman–Crippen LogP) is 4.41. The molecule has 0 saturated heterocycles. The number of rotatable bonds is 8. The molecule has 4 aromatic rings. The molecule has 0 bridgehead atoms. The second kappa shape index (κ2) is 10.7. The van der Waals surface area contributed by atoms with Crippen molar-refractivity contribution >= 4 is 22.6 Å². The summed E-state index contributed by atoms with van der Waals surface area (Å²) < 4.78 is 13.6. The number of nitrogens with zero attached hydrogens (tertiary/aromatic N) is 3. The summed E-state index contributed by atoms with van der Waals surface area (Å²) in [6, 6.07) is 17.7. The van der Waals surface area contributed by atoms with Gasteiger partial charge in [0.15, 0.2) is 0 Å². The molecule has 35 heavy (non-hydrogen) atoms.